The minimum Gasteiger partial charge on any atom is -0.372 e. The van der Waals surface area contributed by atoms with Crippen LogP contribution >= 0.6 is 0 Å². The lowest BCUT2D eigenvalue weighted by Gasteiger charge is -2.22. The number of benzene rings is 2. The summed E-state index contributed by atoms with van der Waals surface area (Å²) in [7, 11) is 0. The van der Waals surface area contributed by atoms with Crippen LogP contribution < -0.4 is 21.1 Å². The van der Waals surface area contributed by atoms with E-state index in [1.54, 1.807) is 26.0 Å². The van der Waals surface area contributed by atoms with Gasteiger partial charge in [-0.15, -0.1) is 0 Å². The number of rotatable bonds is 8. The van der Waals surface area contributed by atoms with Crippen molar-refractivity contribution in [1.82, 2.24) is 16.2 Å². The monoisotopic (exact) mass is 428 g/mol. The zero-order valence-electron chi connectivity index (χ0n) is 18.2. The molecule has 0 bridgehead atoms. The Balaban J connectivity index is 1.99. The van der Waals surface area contributed by atoms with Crippen molar-refractivity contribution in [3.63, 3.8) is 0 Å². The minimum atomic E-state index is -0.961. The van der Waals surface area contributed by atoms with Crippen LogP contribution in [0, 0.1) is 11.7 Å². The fourth-order valence-corrected chi connectivity index (χ4v) is 3.08. The maximum Gasteiger partial charge on any atom is 0.269 e. The first-order valence-electron chi connectivity index (χ1n) is 10.3. The Kier molecular flexibility index (Phi) is 8.54. The minimum absolute atomic E-state index is 0.154. The predicted octanol–water partition coefficient (Wildman–Crippen LogP) is 2.89. The van der Waals surface area contributed by atoms with Crippen molar-refractivity contribution in [2.45, 2.75) is 33.7 Å². The summed E-state index contributed by atoms with van der Waals surface area (Å²) < 4.78 is 13.8. The van der Waals surface area contributed by atoms with Gasteiger partial charge in [0.25, 0.3) is 17.7 Å². The standard InChI is InChI=1S/C23H29FN4O3/c1-5-28(6-2)17-13-11-16(12-14-17)21(29)26-27-23(31)20(15(3)4)25-22(30)18-9-7-8-10-19(18)24/h7-15,20H,5-6H2,1-4H3,(H,25,30)(H,26,29)(H,27,31). The van der Waals surface area contributed by atoms with Crippen molar-refractivity contribution in [2.75, 3.05) is 18.0 Å². The normalized spacial score (nSPS) is 11.5. The predicted molar refractivity (Wildman–Crippen MR) is 118 cm³/mol. The lowest BCUT2D eigenvalue weighted by atomic mass is 10.0. The molecule has 8 heteroatoms. The summed E-state index contributed by atoms with van der Waals surface area (Å²) in [6.07, 6.45) is 0. The van der Waals surface area contributed by atoms with E-state index in [9.17, 15) is 18.8 Å². The molecule has 2 aromatic carbocycles. The summed E-state index contributed by atoms with van der Waals surface area (Å²) in [6.45, 7) is 9.28. The van der Waals surface area contributed by atoms with Crippen LogP contribution in [0.3, 0.4) is 0 Å². The molecule has 0 radical (unpaired) electrons. The van der Waals surface area contributed by atoms with Gasteiger partial charge < -0.3 is 10.2 Å². The fraction of sp³-hybridized carbons (Fsp3) is 0.348. The zero-order valence-corrected chi connectivity index (χ0v) is 18.2. The molecule has 0 aliphatic rings. The van der Waals surface area contributed by atoms with Gasteiger partial charge in [0.2, 0.25) is 0 Å². The molecule has 166 valence electrons. The summed E-state index contributed by atoms with van der Waals surface area (Å²) in [5, 5.41) is 2.52. The third-order valence-corrected chi connectivity index (χ3v) is 4.91. The molecule has 0 saturated carbocycles. The maximum atomic E-state index is 13.8. The van der Waals surface area contributed by atoms with Crippen LogP contribution in [0.1, 0.15) is 48.4 Å². The van der Waals surface area contributed by atoms with Gasteiger partial charge in [-0.25, -0.2) is 4.39 Å². The highest BCUT2D eigenvalue weighted by atomic mass is 19.1. The maximum absolute atomic E-state index is 13.8. The van der Waals surface area contributed by atoms with Gasteiger partial charge >= 0.3 is 0 Å². The zero-order chi connectivity index (χ0) is 23.0. The number of nitrogens with zero attached hydrogens (tertiary/aromatic N) is 1. The molecule has 0 spiro atoms. The molecule has 3 N–H and O–H groups in total. The van der Waals surface area contributed by atoms with E-state index >= 15 is 0 Å². The molecule has 3 amide bonds. The first-order chi connectivity index (χ1) is 14.8. The molecular formula is C23H29FN4O3. The van der Waals surface area contributed by atoms with Gasteiger partial charge in [-0.3, -0.25) is 25.2 Å². The van der Waals surface area contributed by atoms with Crippen LogP contribution in [0.4, 0.5) is 10.1 Å². The topological polar surface area (TPSA) is 90.5 Å². The summed E-state index contributed by atoms with van der Waals surface area (Å²) in [6, 6.07) is 11.6. The second-order valence-electron chi connectivity index (χ2n) is 7.34. The van der Waals surface area contributed by atoms with Gasteiger partial charge in [-0.05, 0) is 56.2 Å². The Morgan fingerprint density at radius 2 is 1.52 bits per heavy atom. The van der Waals surface area contributed by atoms with E-state index in [1.807, 2.05) is 12.1 Å². The SMILES string of the molecule is CCN(CC)c1ccc(C(=O)NNC(=O)C(NC(=O)c2ccccc2F)C(C)C)cc1. The third-order valence-electron chi connectivity index (χ3n) is 4.91. The molecule has 31 heavy (non-hydrogen) atoms. The third kappa shape index (κ3) is 6.28. The number of nitrogens with one attached hydrogen (secondary N) is 3. The summed E-state index contributed by atoms with van der Waals surface area (Å²) >= 11 is 0. The van der Waals surface area contributed by atoms with E-state index in [2.05, 4.69) is 34.9 Å². The van der Waals surface area contributed by atoms with E-state index in [0.29, 0.717) is 5.56 Å². The molecule has 1 unspecified atom stereocenters. The molecule has 0 aliphatic carbocycles. The van der Waals surface area contributed by atoms with Crippen LogP contribution in [0.25, 0.3) is 0 Å². The van der Waals surface area contributed by atoms with Crippen molar-refractivity contribution in [3.8, 4) is 0 Å². The Labute approximate surface area is 182 Å². The van der Waals surface area contributed by atoms with E-state index in [-0.39, 0.29) is 11.5 Å². The van der Waals surface area contributed by atoms with Crippen LogP contribution in [0.2, 0.25) is 0 Å². The van der Waals surface area contributed by atoms with Gasteiger partial charge in [0.1, 0.15) is 11.9 Å². The van der Waals surface area contributed by atoms with Crippen molar-refractivity contribution in [3.05, 3.63) is 65.5 Å². The number of halogens is 1. The summed E-state index contributed by atoms with van der Waals surface area (Å²) in [5.41, 5.74) is 5.92. The Morgan fingerprint density at radius 3 is 2.06 bits per heavy atom. The summed E-state index contributed by atoms with van der Waals surface area (Å²) in [5.74, 6) is -2.76. The number of amides is 3. The molecule has 0 aromatic heterocycles. The Bertz CT molecular complexity index is 911. The quantitative estimate of drug-likeness (QED) is 0.564. The van der Waals surface area contributed by atoms with E-state index in [1.165, 1.54) is 24.3 Å². The highest BCUT2D eigenvalue weighted by Gasteiger charge is 2.26. The molecule has 2 aromatic rings. The Hall–Kier alpha value is -3.42. The van der Waals surface area contributed by atoms with Crippen LogP contribution in [0.5, 0.6) is 0 Å². The molecule has 0 saturated heterocycles. The number of hydrazine groups is 1. The smallest absolute Gasteiger partial charge is 0.269 e. The molecule has 7 nitrogen and oxygen atoms in total. The van der Waals surface area contributed by atoms with Gasteiger partial charge in [0.15, 0.2) is 0 Å². The van der Waals surface area contributed by atoms with E-state index in [4.69, 9.17) is 0 Å². The summed E-state index contributed by atoms with van der Waals surface area (Å²) in [4.78, 5) is 39.4. The van der Waals surface area contributed by atoms with E-state index in [0.717, 1.165) is 18.8 Å². The highest BCUT2D eigenvalue weighted by molar-refractivity contribution is 5.99. The second-order valence-corrected chi connectivity index (χ2v) is 7.34. The van der Waals surface area contributed by atoms with Crippen LogP contribution in [0.15, 0.2) is 48.5 Å². The fourth-order valence-electron chi connectivity index (χ4n) is 3.08. The number of hydrogen-bond donors (Lipinski definition) is 3. The van der Waals surface area contributed by atoms with Crippen LogP contribution in [-0.2, 0) is 4.79 Å². The molecular weight excluding hydrogens is 399 g/mol. The van der Waals surface area contributed by atoms with Crippen LogP contribution in [-0.4, -0.2) is 36.9 Å². The van der Waals surface area contributed by atoms with Gasteiger partial charge in [0, 0.05) is 24.3 Å². The average Bonchev–Trinajstić information content (AvgIpc) is 2.76. The second kappa shape index (κ2) is 11.1. The number of hydrogen-bond acceptors (Lipinski definition) is 4. The van der Waals surface area contributed by atoms with Crippen molar-refractivity contribution >= 4 is 23.4 Å². The van der Waals surface area contributed by atoms with Gasteiger partial charge in [0.05, 0.1) is 5.56 Å². The largest absolute Gasteiger partial charge is 0.372 e. The lowest BCUT2D eigenvalue weighted by Crippen LogP contribution is -2.54. The number of anilines is 1. The average molecular weight is 429 g/mol. The van der Waals surface area contributed by atoms with E-state index < -0.39 is 29.6 Å². The number of carbonyl (C=O) groups excluding carboxylic acids is 3. The number of carbonyl (C=O) groups is 3. The van der Waals surface area contributed by atoms with Crippen molar-refractivity contribution in [1.29, 1.82) is 0 Å². The lowest BCUT2D eigenvalue weighted by molar-refractivity contribution is -0.124. The Morgan fingerprint density at radius 1 is 0.903 bits per heavy atom. The molecule has 2 rings (SSSR count). The molecule has 1 atom stereocenters. The molecule has 0 fully saturated rings. The molecule has 0 aliphatic heterocycles. The first-order valence-corrected chi connectivity index (χ1v) is 10.3. The first kappa shape index (κ1) is 23.9. The highest BCUT2D eigenvalue weighted by Crippen LogP contribution is 2.15. The van der Waals surface area contributed by atoms with Crippen molar-refractivity contribution in [2.24, 2.45) is 5.92 Å². The van der Waals surface area contributed by atoms with Crippen molar-refractivity contribution < 1.29 is 18.8 Å². The van der Waals surface area contributed by atoms with Gasteiger partial charge in [-0.1, -0.05) is 26.0 Å². The van der Waals surface area contributed by atoms with Gasteiger partial charge in [-0.2, -0.15) is 0 Å². The molecule has 0 heterocycles.